The quantitative estimate of drug-likeness (QED) is 0.758. The first-order valence-electron chi connectivity index (χ1n) is 5.75. The summed E-state index contributed by atoms with van der Waals surface area (Å²) in [7, 11) is 2.92. The number of allylic oxidation sites excluding steroid dienone is 2. The van der Waals surface area contributed by atoms with Gasteiger partial charge in [-0.15, -0.1) is 0 Å². The summed E-state index contributed by atoms with van der Waals surface area (Å²) in [5, 5.41) is 0. The number of carbonyl (C=O) groups excluding carboxylic acids is 2. The van der Waals surface area contributed by atoms with Crippen molar-refractivity contribution in [2.75, 3.05) is 14.2 Å². The van der Waals surface area contributed by atoms with E-state index in [-0.39, 0.29) is 11.6 Å². The first-order chi connectivity index (χ1) is 9.13. The lowest BCUT2D eigenvalue weighted by Crippen LogP contribution is -2.23. The highest BCUT2D eigenvalue weighted by molar-refractivity contribution is 5.98. The van der Waals surface area contributed by atoms with Crippen LogP contribution in [0.2, 0.25) is 0 Å². The summed E-state index contributed by atoms with van der Waals surface area (Å²) >= 11 is 0. The topological polar surface area (TPSA) is 61.8 Å². The minimum Gasteiger partial charge on any atom is -0.457 e. The molecule has 19 heavy (non-hydrogen) atoms. The molecular weight excluding hydrogens is 248 g/mol. The molecule has 5 heteroatoms. The number of hydrogen-bond acceptors (Lipinski definition) is 5. The Kier molecular flexibility index (Phi) is 4.09. The zero-order chi connectivity index (χ0) is 13.8. The Morgan fingerprint density at radius 2 is 1.26 bits per heavy atom. The summed E-state index contributed by atoms with van der Waals surface area (Å²) in [5.41, 5.74) is 0. The summed E-state index contributed by atoms with van der Waals surface area (Å²) in [6.07, 6.45) is 8.03. The third-order valence-corrected chi connectivity index (χ3v) is 2.74. The van der Waals surface area contributed by atoms with Gasteiger partial charge in [-0.25, -0.2) is 0 Å². The van der Waals surface area contributed by atoms with Gasteiger partial charge in [-0.1, -0.05) is 0 Å². The zero-order valence-corrected chi connectivity index (χ0v) is 10.7. The van der Waals surface area contributed by atoms with Crippen molar-refractivity contribution in [3.8, 4) is 0 Å². The lowest BCUT2D eigenvalue weighted by atomic mass is 10.1. The van der Waals surface area contributed by atoms with Crippen LogP contribution in [0, 0.1) is 0 Å². The van der Waals surface area contributed by atoms with Crippen LogP contribution >= 0.6 is 0 Å². The highest BCUT2D eigenvalue weighted by Gasteiger charge is 2.20. The summed E-state index contributed by atoms with van der Waals surface area (Å²) < 4.78 is 15.4. The highest BCUT2D eigenvalue weighted by atomic mass is 16.5. The Balaban J connectivity index is 2.04. The summed E-state index contributed by atoms with van der Waals surface area (Å²) in [5.74, 6) is 0.360. The van der Waals surface area contributed by atoms with E-state index in [0.29, 0.717) is 11.5 Å². The van der Waals surface area contributed by atoms with Gasteiger partial charge >= 0.3 is 0 Å². The molecule has 2 atom stereocenters. The van der Waals surface area contributed by atoms with E-state index < -0.39 is 12.2 Å². The number of carbonyl (C=O) groups is 2. The van der Waals surface area contributed by atoms with Crippen molar-refractivity contribution in [2.24, 2.45) is 0 Å². The van der Waals surface area contributed by atoms with E-state index in [1.165, 1.54) is 26.4 Å². The van der Waals surface area contributed by atoms with Crippen molar-refractivity contribution in [1.29, 1.82) is 0 Å². The fourth-order valence-corrected chi connectivity index (χ4v) is 1.75. The second-order valence-electron chi connectivity index (χ2n) is 4.03. The maximum atomic E-state index is 11.6. The average molecular weight is 262 g/mol. The fraction of sp³-hybridized carbons (Fsp3) is 0.286. The first-order valence-corrected chi connectivity index (χ1v) is 5.75. The van der Waals surface area contributed by atoms with E-state index in [1.54, 1.807) is 24.3 Å². The van der Waals surface area contributed by atoms with Crippen LogP contribution < -0.4 is 0 Å². The molecule has 0 amide bonds. The molecule has 0 aromatic heterocycles. The summed E-state index contributed by atoms with van der Waals surface area (Å²) in [6, 6.07) is 0. The fourth-order valence-electron chi connectivity index (χ4n) is 1.75. The van der Waals surface area contributed by atoms with Gasteiger partial charge in [0.25, 0.3) is 0 Å². The first kappa shape index (κ1) is 13.5. The molecule has 0 aromatic rings. The number of hydrogen-bond donors (Lipinski definition) is 0. The molecule has 100 valence electrons. The van der Waals surface area contributed by atoms with Crippen LogP contribution in [0.15, 0.2) is 48.0 Å². The Hall–Kier alpha value is -1.98. The molecule has 2 rings (SSSR count). The molecule has 0 fully saturated rings. The van der Waals surface area contributed by atoms with Gasteiger partial charge in [-0.2, -0.15) is 0 Å². The van der Waals surface area contributed by atoms with Crippen LogP contribution in [0.25, 0.3) is 0 Å². The maximum absolute atomic E-state index is 11.6. The molecule has 2 aliphatic carbocycles. The van der Waals surface area contributed by atoms with Gasteiger partial charge in [0.1, 0.15) is 23.7 Å². The van der Waals surface area contributed by atoms with E-state index in [2.05, 4.69) is 0 Å². The van der Waals surface area contributed by atoms with Crippen LogP contribution in [0.1, 0.15) is 0 Å². The number of ether oxygens (including phenoxy) is 3. The normalized spacial score (nSPS) is 26.2. The number of methoxy groups -OCH3 is 2. The summed E-state index contributed by atoms with van der Waals surface area (Å²) in [6.45, 7) is 0. The van der Waals surface area contributed by atoms with Gasteiger partial charge in [0.2, 0.25) is 0 Å². The van der Waals surface area contributed by atoms with Crippen LogP contribution in [0.4, 0.5) is 0 Å². The smallest absolute Gasteiger partial charge is 0.192 e. The number of rotatable bonds is 4. The molecule has 0 aliphatic heterocycles. The van der Waals surface area contributed by atoms with Crippen LogP contribution in [-0.4, -0.2) is 38.0 Å². The second kappa shape index (κ2) is 5.77. The molecule has 0 saturated heterocycles. The average Bonchev–Trinajstić information content (AvgIpc) is 2.39. The van der Waals surface area contributed by atoms with Crippen molar-refractivity contribution in [1.82, 2.24) is 0 Å². The predicted molar refractivity (Wildman–Crippen MR) is 67.1 cm³/mol. The lowest BCUT2D eigenvalue weighted by molar-refractivity contribution is -0.122. The molecule has 2 aliphatic rings. The Morgan fingerprint density at radius 3 is 1.58 bits per heavy atom. The van der Waals surface area contributed by atoms with E-state index in [1.807, 2.05) is 0 Å². The van der Waals surface area contributed by atoms with E-state index in [4.69, 9.17) is 14.2 Å². The molecular formula is C14H14O5. The molecule has 0 N–H and O–H groups in total. The Labute approximate surface area is 110 Å². The van der Waals surface area contributed by atoms with E-state index >= 15 is 0 Å². The third kappa shape index (κ3) is 3.07. The molecule has 0 heterocycles. The minimum atomic E-state index is -0.567. The molecule has 0 spiro atoms. The Morgan fingerprint density at radius 1 is 0.842 bits per heavy atom. The van der Waals surface area contributed by atoms with Gasteiger partial charge in [0, 0.05) is 26.4 Å². The Bertz CT molecular complexity index is 464. The van der Waals surface area contributed by atoms with E-state index in [0.717, 1.165) is 0 Å². The van der Waals surface area contributed by atoms with Crippen molar-refractivity contribution < 1.29 is 23.8 Å². The standard InChI is InChI=1S/C14H14O5/c1-17-13-5-3-9(7-11(13)15)19-10-4-6-14(18-2)12(16)8-10/h3-8,13-14H,1-2H3/t13-,14-/m1/s1. The SMILES string of the molecule is CO[C@@H]1C=CC(OC2=CC(=O)[C@H](OC)C=C2)=CC1=O. The second-order valence-corrected chi connectivity index (χ2v) is 4.03. The van der Waals surface area contributed by atoms with Gasteiger partial charge in [0.15, 0.2) is 11.6 Å². The van der Waals surface area contributed by atoms with Crippen molar-refractivity contribution in [2.45, 2.75) is 12.2 Å². The number of ketones is 2. The molecule has 0 bridgehead atoms. The minimum absolute atomic E-state index is 0.193. The molecule has 0 radical (unpaired) electrons. The van der Waals surface area contributed by atoms with E-state index in [9.17, 15) is 9.59 Å². The largest absolute Gasteiger partial charge is 0.457 e. The predicted octanol–water partition coefficient (Wildman–Crippen LogP) is 1.08. The zero-order valence-electron chi connectivity index (χ0n) is 10.7. The van der Waals surface area contributed by atoms with Gasteiger partial charge in [-0.3, -0.25) is 9.59 Å². The monoisotopic (exact) mass is 262 g/mol. The molecule has 5 nitrogen and oxygen atoms in total. The van der Waals surface area contributed by atoms with Gasteiger partial charge in [-0.05, 0) is 24.3 Å². The van der Waals surface area contributed by atoms with Crippen LogP contribution in [0.3, 0.4) is 0 Å². The van der Waals surface area contributed by atoms with Gasteiger partial charge in [0.05, 0.1) is 0 Å². The molecule has 0 saturated carbocycles. The molecule has 0 aromatic carbocycles. The lowest BCUT2D eigenvalue weighted by Gasteiger charge is -2.17. The van der Waals surface area contributed by atoms with Gasteiger partial charge < -0.3 is 14.2 Å². The summed E-state index contributed by atoms with van der Waals surface area (Å²) in [4.78, 5) is 23.2. The van der Waals surface area contributed by atoms with Crippen molar-refractivity contribution in [3.05, 3.63) is 48.0 Å². The third-order valence-electron chi connectivity index (χ3n) is 2.74. The van der Waals surface area contributed by atoms with Crippen LogP contribution in [-0.2, 0) is 23.8 Å². The molecule has 0 unspecified atom stereocenters. The van der Waals surface area contributed by atoms with Crippen molar-refractivity contribution in [3.63, 3.8) is 0 Å². The highest BCUT2D eigenvalue weighted by Crippen LogP contribution is 2.18. The van der Waals surface area contributed by atoms with Crippen LogP contribution in [0.5, 0.6) is 0 Å². The van der Waals surface area contributed by atoms with Crippen molar-refractivity contribution >= 4 is 11.6 Å². The maximum Gasteiger partial charge on any atom is 0.192 e.